The van der Waals surface area contributed by atoms with Crippen LogP contribution in [-0.4, -0.2) is 27.8 Å². The Morgan fingerprint density at radius 1 is 1.33 bits per heavy atom. The Morgan fingerprint density at radius 2 is 2.17 bits per heavy atom. The van der Waals surface area contributed by atoms with E-state index in [2.05, 4.69) is 9.97 Å². The van der Waals surface area contributed by atoms with Crippen molar-refractivity contribution in [1.29, 1.82) is 0 Å². The molecule has 18 heavy (non-hydrogen) atoms. The van der Waals surface area contributed by atoms with Gasteiger partial charge in [-0.15, -0.1) is 0 Å². The zero-order chi connectivity index (χ0) is 12.7. The summed E-state index contributed by atoms with van der Waals surface area (Å²) < 4.78 is 0. The molecule has 5 nitrogen and oxygen atoms in total. The van der Waals surface area contributed by atoms with Gasteiger partial charge in [-0.2, -0.15) is 0 Å². The van der Waals surface area contributed by atoms with Gasteiger partial charge < -0.3 is 10.6 Å². The molecule has 0 unspecified atom stereocenters. The zero-order valence-electron chi connectivity index (χ0n) is 9.92. The summed E-state index contributed by atoms with van der Waals surface area (Å²) in [6, 6.07) is 5.68. The van der Waals surface area contributed by atoms with E-state index >= 15 is 0 Å². The molecule has 3 rings (SSSR count). The molecule has 1 aliphatic rings. The van der Waals surface area contributed by atoms with Crippen LogP contribution >= 0.6 is 0 Å². The minimum atomic E-state index is 0.0650. The predicted molar refractivity (Wildman–Crippen MR) is 67.7 cm³/mol. The van der Waals surface area contributed by atoms with Gasteiger partial charge in [0.15, 0.2) is 0 Å². The third kappa shape index (κ3) is 1.60. The summed E-state index contributed by atoms with van der Waals surface area (Å²) in [6.07, 6.45) is 3.17. The third-order valence-electron chi connectivity index (χ3n) is 3.04. The number of benzene rings is 1. The number of carbonyl (C=O) groups excluding carboxylic acids is 1. The van der Waals surface area contributed by atoms with E-state index in [1.165, 1.54) is 6.20 Å². The fourth-order valence-corrected chi connectivity index (χ4v) is 2.15. The summed E-state index contributed by atoms with van der Waals surface area (Å²) in [5, 5.41) is 0. The Labute approximate surface area is 104 Å². The molecule has 0 radical (unpaired) electrons. The minimum Gasteiger partial charge on any atom is -0.382 e. The maximum atomic E-state index is 11.8. The first kappa shape index (κ1) is 10.7. The number of fused-ring (bicyclic) bond motifs is 1. The van der Waals surface area contributed by atoms with Crippen LogP contribution in [0.25, 0.3) is 11.3 Å². The lowest BCUT2D eigenvalue weighted by atomic mass is 10.0. The normalized spacial score (nSPS) is 13.8. The van der Waals surface area contributed by atoms with Gasteiger partial charge in [-0.1, -0.05) is 6.07 Å². The Kier molecular flexibility index (Phi) is 2.26. The van der Waals surface area contributed by atoms with E-state index in [-0.39, 0.29) is 5.91 Å². The summed E-state index contributed by atoms with van der Waals surface area (Å²) in [6.45, 7) is 0.637. The zero-order valence-corrected chi connectivity index (χ0v) is 9.92. The van der Waals surface area contributed by atoms with Gasteiger partial charge in [0.2, 0.25) is 0 Å². The van der Waals surface area contributed by atoms with Crippen LogP contribution in [0.1, 0.15) is 15.9 Å². The number of hydrogen-bond donors (Lipinski definition) is 1. The molecule has 90 valence electrons. The van der Waals surface area contributed by atoms with Crippen LogP contribution in [0.3, 0.4) is 0 Å². The first-order valence-corrected chi connectivity index (χ1v) is 5.61. The molecule has 0 saturated heterocycles. The number of amides is 1. The van der Waals surface area contributed by atoms with Crippen molar-refractivity contribution < 1.29 is 4.79 Å². The number of aromatic nitrogens is 2. The number of nitrogens with two attached hydrogens (primary N) is 1. The van der Waals surface area contributed by atoms with Crippen LogP contribution in [0.2, 0.25) is 0 Å². The fourth-order valence-electron chi connectivity index (χ4n) is 2.15. The Bertz CT molecular complexity index is 639. The van der Waals surface area contributed by atoms with Gasteiger partial charge >= 0.3 is 0 Å². The second kappa shape index (κ2) is 3.80. The highest BCUT2D eigenvalue weighted by Gasteiger charge is 2.24. The molecule has 2 aromatic rings. The number of nitrogens with zero attached hydrogens (tertiary/aromatic N) is 3. The van der Waals surface area contributed by atoms with Crippen molar-refractivity contribution in [2.75, 3.05) is 12.8 Å². The number of rotatable bonds is 1. The van der Waals surface area contributed by atoms with E-state index in [0.29, 0.717) is 12.4 Å². The van der Waals surface area contributed by atoms with Crippen molar-refractivity contribution in [3.8, 4) is 11.3 Å². The third-order valence-corrected chi connectivity index (χ3v) is 3.04. The highest BCUT2D eigenvalue weighted by Crippen LogP contribution is 2.26. The fraction of sp³-hybridized carbons (Fsp3) is 0.154. The minimum absolute atomic E-state index is 0.0650. The standard InChI is InChI=1S/C13H12N4O/c1-17-7-9-4-8(2-3-10(9)13(17)18)11-5-15-6-12(14)16-11/h2-6H,7H2,1H3,(H2,14,16). The highest BCUT2D eigenvalue weighted by molar-refractivity contribution is 5.98. The highest BCUT2D eigenvalue weighted by atomic mass is 16.2. The molecule has 1 aromatic carbocycles. The molecule has 0 bridgehead atoms. The van der Waals surface area contributed by atoms with Crippen LogP contribution in [0.4, 0.5) is 5.82 Å². The van der Waals surface area contributed by atoms with Gasteiger partial charge in [-0.05, 0) is 17.7 Å². The predicted octanol–water partition coefficient (Wildman–Crippen LogP) is 1.31. The number of anilines is 1. The van der Waals surface area contributed by atoms with E-state index in [1.807, 2.05) is 18.2 Å². The van der Waals surface area contributed by atoms with Crippen molar-refractivity contribution in [2.45, 2.75) is 6.54 Å². The van der Waals surface area contributed by atoms with E-state index in [1.54, 1.807) is 18.1 Å². The second-order valence-electron chi connectivity index (χ2n) is 4.36. The molecule has 1 amide bonds. The molecule has 0 aliphatic carbocycles. The van der Waals surface area contributed by atoms with Crippen LogP contribution < -0.4 is 5.73 Å². The molecule has 1 aliphatic heterocycles. The smallest absolute Gasteiger partial charge is 0.254 e. The Morgan fingerprint density at radius 3 is 2.94 bits per heavy atom. The summed E-state index contributed by atoms with van der Waals surface area (Å²) in [5.41, 5.74) is 9.05. The number of nitrogen functional groups attached to an aromatic ring is 1. The van der Waals surface area contributed by atoms with Crippen LogP contribution in [0.15, 0.2) is 30.6 Å². The van der Waals surface area contributed by atoms with E-state index in [9.17, 15) is 4.79 Å². The van der Waals surface area contributed by atoms with Gasteiger partial charge in [0.25, 0.3) is 5.91 Å². The second-order valence-corrected chi connectivity index (χ2v) is 4.36. The molecule has 0 fully saturated rings. The van der Waals surface area contributed by atoms with E-state index in [0.717, 1.165) is 22.4 Å². The Hall–Kier alpha value is -2.43. The van der Waals surface area contributed by atoms with Gasteiger partial charge in [0.05, 0.1) is 18.1 Å². The molecule has 5 heteroatoms. The van der Waals surface area contributed by atoms with Crippen molar-refractivity contribution in [1.82, 2.24) is 14.9 Å². The number of carbonyl (C=O) groups is 1. The lowest BCUT2D eigenvalue weighted by Crippen LogP contribution is -2.17. The largest absolute Gasteiger partial charge is 0.382 e. The van der Waals surface area contributed by atoms with Crippen molar-refractivity contribution in [2.24, 2.45) is 0 Å². The van der Waals surface area contributed by atoms with Crippen LogP contribution in [-0.2, 0) is 6.54 Å². The van der Waals surface area contributed by atoms with Crippen LogP contribution in [0.5, 0.6) is 0 Å². The molecular formula is C13H12N4O. The van der Waals surface area contributed by atoms with E-state index in [4.69, 9.17) is 5.73 Å². The Balaban J connectivity index is 2.07. The average molecular weight is 240 g/mol. The summed E-state index contributed by atoms with van der Waals surface area (Å²) >= 11 is 0. The summed E-state index contributed by atoms with van der Waals surface area (Å²) in [4.78, 5) is 21.7. The molecule has 1 aromatic heterocycles. The quantitative estimate of drug-likeness (QED) is 0.815. The monoisotopic (exact) mass is 240 g/mol. The van der Waals surface area contributed by atoms with Gasteiger partial charge in [-0.25, -0.2) is 4.98 Å². The molecule has 2 N–H and O–H groups in total. The van der Waals surface area contributed by atoms with Gasteiger partial charge in [0, 0.05) is 24.7 Å². The molecule has 2 heterocycles. The first-order chi connectivity index (χ1) is 8.65. The first-order valence-electron chi connectivity index (χ1n) is 5.61. The van der Waals surface area contributed by atoms with Crippen molar-refractivity contribution in [3.63, 3.8) is 0 Å². The SMILES string of the molecule is CN1Cc2cc(-c3cncc(N)n3)ccc2C1=O. The van der Waals surface area contributed by atoms with Crippen molar-refractivity contribution in [3.05, 3.63) is 41.7 Å². The lowest BCUT2D eigenvalue weighted by Gasteiger charge is -2.04. The van der Waals surface area contributed by atoms with Gasteiger partial charge in [-0.3, -0.25) is 9.78 Å². The molecule has 0 spiro atoms. The van der Waals surface area contributed by atoms with Gasteiger partial charge in [0.1, 0.15) is 5.82 Å². The molecule has 0 saturated carbocycles. The maximum absolute atomic E-state index is 11.8. The molecule has 0 atom stereocenters. The number of hydrogen-bond acceptors (Lipinski definition) is 4. The summed E-state index contributed by atoms with van der Waals surface area (Å²) in [7, 11) is 1.79. The maximum Gasteiger partial charge on any atom is 0.254 e. The average Bonchev–Trinajstić information content (AvgIpc) is 2.65. The summed E-state index contributed by atoms with van der Waals surface area (Å²) in [5.74, 6) is 0.455. The molecular weight excluding hydrogens is 228 g/mol. The van der Waals surface area contributed by atoms with E-state index < -0.39 is 0 Å². The lowest BCUT2D eigenvalue weighted by molar-refractivity contribution is 0.0816. The topological polar surface area (TPSA) is 72.1 Å². The van der Waals surface area contributed by atoms with Crippen LogP contribution in [0, 0.1) is 0 Å². The van der Waals surface area contributed by atoms with Crippen molar-refractivity contribution >= 4 is 11.7 Å².